The highest BCUT2D eigenvalue weighted by Gasteiger charge is 2.24. The monoisotopic (exact) mass is 326 g/mol. The molecule has 0 bridgehead atoms. The van der Waals surface area contributed by atoms with E-state index in [2.05, 4.69) is 43.3 Å². The normalized spacial score (nSPS) is 17.5. The number of nitrogens with one attached hydrogen (secondary N) is 2. The SMILES string of the molecule is CCNC(=NCC(OC)C(C)(C)C)NCCCN1CCCC1=O. The number of rotatable bonds is 8. The summed E-state index contributed by atoms with van der Waals surface area (Å²) < 4.78 is 5.54. The van der Waals surface area contributed by atoms with Gasteiger partial charge in [-0.25, -0.2) is 0 Å². The Kier molecular flexibility index (Phi) is 8.37. The van der Waals surface area contributed by atoms with Crippen LogP contribution in [0.25, 0.3) is 0 Å². The number of likely N-dealkylation sites (tertiary alicyclic amines) is 1. The molecule has 134 valence electrons. The quantitative estimate of drug-likeness (QED) is 0.404. The summed E-state index contributed by atoms with van der Waals surface area (Å²) in [6.45, 7) is 12.5. The van der Waals surface area contributed by atoms with Crippen LogP contribution in [0, 0.1) is 5.41 Å². The first-order chi connectivity index (χ1) is 10.9. The Morgan fingerprint density at radius 3 is 2.65 bits per heavy atom. The number of hydrogen-bond donors (Lipinski definition) is 2. The topological polar surface area (TPSA) is 66.0 Å². The van der Waals surface area contributed by atoms with Gasteiger partial charge in [0.2, 0.25) is 5.91 Å². The molecule has 23 heavy (non-hydrogen) atoms. The molecule has 1 aliphatic heterocycles. The van der Waals surface area contributed by atoms with E-state index in [0.29, 0.717) is 18.9 Å². The fourth-order valence-corrected chi connectivity index (χ4v) is 2.64. The minimum absolute atomic E-state index is 0.0612. The van der Waals surface area contributed by atoms with Crippen LogP contribution in [-0.2, 0) is 9.53 Å². The molecule has 6 heteroatoms. The summed E-state index contributed by atoms with van der Waals surface area (Å²) in [5, 5.41) is 6.59. The third-order valence-corrected chi connectivity index (χ3v) is 4.08. The van der Waals surface area contributed by atoms with Crippen molar-refractivity contribution in [3.05, 3.63) is 0 Å². The minimum Gasteiger partial charge on any atom is -0.379 e. The average molecular weight is 326 g/mol. The highest BCUT2D eigenvalue weighted by Crippen LogP contribution is 2.21. The number of hydrogen-bond acceptors (Lipinski definition) is 3. The number of methoxy groups -OCH3 is 1. The standard InChI is InChI=1S/C17H34N4O2/c1-6-18-16(20-13-14(23-5)17(2,3)4)19-10-8-12-21-11-7-9-15(21)22/h14H,6-13H2,1-5H3,(H2,18,19,20). The van der Waals surface area contributed by atoms with E-state index >= 15 is 0 Å². The van der Waals surface area contributed by atoms with Gasteiger partial charge in [0.05, 0.1) is 12.6 Å². The van der Waals surface area contributed by atoms with Crippen LogP contribution in [0.5, 0.6) is 0 Å². The number of aliphatic imine (C=N–C) groups is 1. The van der Waals surface area contributed by atoms with E-state index in [4.69, 9.17) is 4.74 Å². The number of guanidine groups is 1. The summed E-state index contributed by atoms with van der Waals surface area (Å²) >= 11 is 0. The molecular weight excluding hydrogens is 292 g/mol. The first-order valence-corrected chi connectivity index (χ1v) is 8.71. The summed E-state index contributed by atoms with van der Waals surface area (Å²) in [5.41, 5.74) is 0.0612. The smallest absolute Gasteiger partial charge is 0.222 e. The van der Waals surface area contributed by atoms with Crippen molar-refractivity contribution in [3.63, 3.8) is 0 Å². The molecule has 1 unspecified atom stereocenters. The molecule has 1 heterocycles. The number of amides is 1. The number of ether oxygens (including phenoxy) is 1. The third kappa shape index (κ3) is 7.20. The molecule has 0 aliphatic carbocycles. The largest absolute Gasteiger partial charge is 0.379 e. The van der Waals surface area contributed by atoms with Gasteiger partial charge in [-0.3, -0.25) is 9.79 Å². The molecule has 0 aromatic rings. The molecule has 1 atom stereocenters. The molecule has 1 rings (SSSR count). The molecular formula is C17H34N4O2. The van der Waals surface area contributed by atoms with E-state index in [1.165, 1.54) is 0 Å². The molecule has 0 radical (unpaired) electrons. The summed E-state index contributed by atoms with van der Waals surface area (Å²) in [6.07, 6.45) is 2.73. The fourth-order valence-electron chi connectivity index (χ4n) is 2.64. The van der Waals surface area contributed by atoms with Gasteiger partial charge >= 0.3 is 0 Å². The highest BCUT2D eigenvalue weighted by molar-refractivity contribution is 5.79. The summed E-state index contributed by atoms with van der Waals surface area (Å²) in [4.78, 5) is 18.1. The van der Waals surface area contributed by atoms with E-state index in [9.17, 15) is 4.79 Å². The highest BCUT2D eigenvalue weighted by atomic mass is 16.5. The van der Waals surface area contributed by atoms with Crippen LogP contribution < -0.4 is 10.6 Å². The van der Waals surface area contributed by atoms with Crippen LogP contribution in [0.15, 0.2) is 4.99 Å². The van der Waals surface area contributed by atoms with Crippen molar-refractivity contribution in [1.82, 2.24) is 15.5 Å². The first kappa shape index (κ1) is 19.7. The number of carbonyl (C=O) groups is 1. The first-order valence-electron chi connectivity index (χ1n) is 8.71. The molecule has 2 N–H and O–H groups in total. The van der Waals surface area contributed by atoms with E-state index in [0.717, 1.165) is 45.0 Å². The van der Waals surface area contributed by atoms with E-state index in [1.807, 2.05) is 4.90 Å². The second kappa shape index (κ2) is 9.75. The van der Waals surface area contributed by atoms with Crippen molar-refractivity contribution >= 4 is 11.9 Å². The van der Waals surface area contributed by atoms with Gasteiger partial charge in [0.1, 0.15) is 0 Å². The van der Waals surface area contributed by atoms with Gasteiger partial charge in [0.25, 0.3) is 0 Å². The maximum absolute atomic E-state index is 11.6. The second-order valence-corrected chi connectivity index (χ2v) is 7.07. The molecule has 0 saturated carbocycles. The van der Waals surface area contributed by atoms with Crippen LogP contribution in [0.3, 0.4) is 0 Å². The molecule has 6 nitrogen and oxygen atoms in total. The second-order valence-electron chi connectivity index (χ2n) is 7.07. The van der Waals surface area contributed by atoms with Gasteiger partial charge in [0.15, 0.2) is 5.96 Å². The lowest BCUT2D eigenvalue weighted by Crippen LogP contribution is -2.40. The van der Waals surface area contributed by atoms with Crippen molar-refractivity contribution in [3.8, 4) is 0 Å². The summed E-state index contributed by atoms with van der Waals surface area (Å²) in [7, 11) is 1.73. The van der Waals surface area contributed by atoms with E-state index < -0.39 is 0 Å². The zero-order valence-electron chi connectivity index (χ0n) is 15.4. The van der Waals surface area contributed by atoms with Gasteiger partial charge in [-0.2, -0.15) is 0 Å². The van der Waals surface area contributed by atoms with E-state index in [1.54, 1.807) is 7.11 Å². The lowest BCUT2D eigenvalue weighted by Gasteiger charge is -2.28. The van der Waals surface area contributed by atoms with Gasteiger partial charge in [0, 0.05) is 39.7 Å². The van der Waals surface area contributed by atoms with Crippen molar-refractivity contribution in [1.29, 1.82) is 0 Å². The zero-order chi connectivity index (χ0) is 17.3. The van der Waals surface area contributed by atoms with Crippen LogP contribution in [0.4, 0.5) is 0 Å². The lowest BCUT2D eigenvalue weighted by atomic mass is 9.89. The lowest BCUT2D eigenvalue weighted by molar-refractivity contribution is -0.127. The molecule has 1 fully saturated rings. The predicted molar refractivity (Wildman–Crippen MR) is 94.7 cm³/mol. The van der Waals surface area contributed by atoms with Crippen molar-refractivity contribution in [2.75, 3.05) is 39.8 Å². The van der Waals surface area contributed by atoms with Crippen LogP contribution in [0.1, 0.15) is 47.0 Å². The number of nitrogens with zero attached hydrogens (tertiary/aromatic N) is 2. The Balaban J connectivity index is 2.38. The van der Waals surface area contributed by atoms with Gasteiger partial charge < -0.3 is 20.3 Å². The maximum atomic E-state index is 11.6. The minimum atomic E-state index is 0.0612. The Morgan fingerprint density at radius 2 is 2.13 bits per heavy atom. The van der Waals surface area contributed by atoms with Gasteiger partial charge in [-0.15, -0.1) is 0 Å². The molecule has 0 spiro atoms. The molecule has 1 aliphatic rings. The Labute approximate surface area is 141 Å². The van der Waals surface area contributed by atoms with Crippen LogP contribution >= 0.6 is 0 Å². The Hall–Kier alpha value is -1.30. The van der Waals surface area contributed by atoms with Crippen molar-refractivity contribution in [2.45, 2.75) is 53.1 Å². The molecule has 1 saturated heterocycles. The van der Waals surface area contributed by atoms with E-state index in [-0.39, 0.29) is 11.5 Å². The zero-order valence-corrected chi connectivity index (χ0v) is 15.4. The molecule has 1 amide bonds. The maximum Gasteiger partial charge on any atom is 0.222 e. The average Bonchev–Trinajstić information content (AvgIpc) is 2.88. The number of carbonyl (C=O) groups excluding carboxylic acids is 1. The molecule has 0 aromatic heterocycles. The van der Waals surface area contributed by atoms with Crippen molar-refractivity contribution in [2.24, 2.45) is 10.4 Å². The third-order valence-electron chi connectivity index (χ3n) is 4.08. The van der Waals surface area contributed by atoms with Crippen molar-refractivity contribution < 1.29 is 9.53 Å². The van der Waals surface area contributed by atoms with Gasteiger partial charge in [-0.1, -0.05) is 20.8 Å². The Morgan fingerprint density at radius 1 is 1.39 bits per heavy atom. The van der Waals surface area contributed by atoms with Crippen LogP contribution in [-0.4, -0.2) is 62.7 Å². The predicted octanol–water partition coefficient (Wildman–Crippen LogP) is 1.62. The summed E-state index contributed by atoms with van der Waals surface area (Å²) in [5.74, 6) is 1.10. The molecule has 0 aromatic carbocycles. The van der Waals surface area contributed by atoms with Gasteiger partial charge in [-0.05, 0) is 25.2 Å². The fraction of sp³-hybridized carbons (Fsp3) is 0.882. The van der Waals surface area contributed by atoms with Crippen LogP contribution in [0.2, 0.25) is 0 Å². The Bertz CT molecular complexity index is 391. The summed E-state index contributed by atoms with van der Waals surface area (Å²) in [6, 6.07) is 0.